The minimum Gasteiger partial charge on any atom is -0.479 e. The quantitative estimate of drug-likeness (QED) is 0.692. The van der Waals surface area contributed by atoms with E-state index in [1.54, 1.807) is 26.4 Å². The van der Waals surface area contributed by atoms with E-state index in [1.807, 2.05) is 18.2 Å². The number of hydrogen-bond donors (Lipinski definition) is 0. The van der Waals surface area contributed by atoms with E-state index in [0.717, 1.165) is 5.56 Å². The molecule has 1 aromatic carbocycles. The highest BCUT2D eigenvalue weighted by Gasteiger charge is 2.09. The van der Waals surface area contributed by atoms with E-state index in [0.29, 0.717) is 5.75 Å². The average molecular weight is 207 g/mol. The van der Waals surface area contributed by atoms with Gasteiger partial charge >= 0.3 is 0 Å². The molecule has 0 fully saturated rings. The molecule has 1 aromatic rings. The highest BCUT2D eigenvalue weighted by Crippen LogP contribution is 2.21. The van der Waals surface area contributed by atoms with Crippen LogP contribution in [0.2, 0.25) is 0 Å². The first-order chi connectivity index (χ1) is 7.31. The lowest BCUT2D eigenvalue weighted by Gasteiger charge is -2.14. The van der Waals surface area contributed by atoms with Crippen molar-refractivity contribution in [3.05, 3.63) is 29.8 Å². The molecule has 4 nitrogen and oxygen atoms in total. The first-order valence-electron chi connectivity index (χ1n) is 4.47. The van der Waals surface area contributed by atoms with Gasteiger partial charge in [0.2, 0.25) is 0 Å². The fourth-order valence-electron chi connectivity index (χ4n) is 1.23. The van der Waals surface area contributed by atoms with Gasteiger partial charge in [0.1, 0.15) is 11.8 Å². The third kappa shape index (κ3) is 3.24. The van der Waals surface area contributed by atoms with Crippen LogP contribution in [0.15, 0.2) is 24.3 Å². The Morgan fingerprint density at radius 1 is 1.33 bits per heavy atom. The van der Waals surface area contributed by atoms with Crippen molar-refractivity contribution in [3.8, 4) is 11.8 Å². The highest BCUT2D eigenvalue weighted by molar-refractivity contribution is 5.29. The van der Waals surface area contributed by atoms with Crippen LogP contribution in [0, 0.1) is 11.3 Å². The Morgan fingerprint density at radius 2 is 2.07 bits per heavy atom. The van der Waals surface area contributed by atoms with Gasteiger partial charge in [0.15, 0.2) is 12.9 Å². The van der Waals surface area contributed by atoms with Gasteiger partial charge in [-0.15, -0.1) is 0 Å². The molecule has 1 rings (SSSR count). The molecule has 0 saturated carbocycles. The van der Waals surface area contributed by atoms with Crippen LogP contribution < -0.4 is 4.74 Å². The van der Waals surface area contributed by atoms with Crippen LogP contribution in [0.25, 0.3) is 0 Å². The Kier molecular flexibility index (Phi) is 4.61. The van der Waals surface area contributed by atoms with Gasteiger partial charge in [-0.1, -0.05) is 12.1 Å². The summed E-state index contributed by atoms with van der Waals surface area (Å²) in [7, 11) is 3.13. The number of methoxy groups -OCH3 is 2. The fourth-order valence-corrected chi connectivity index (χ4v) is 1.23. The highest BCUT2D eigenvalue weighted by atomic mass is 16.7. The normalized spacial score (nSPS) is 10.0. The number of nitriles is 1. The molecule has 0 N–H and O–H groups in total. The van der Waals surface area contributed by atoms with Crippen LogP contribution in [0.3, 0.4) is 0 Å². The molecule has 0 saturated heterocycles. The van der Waals surface area contributed by atoms with Crippen molar-refractivity contribution >= 4 is 0 Å². The van der Waals surface area contributed by atoms with Gasteiger partial charge in [0, 0.05) is 19.8 Å². The summed E-state index contributed by atoms with van der Waals surface area (Å²) in [5, 5.41) is 8.37. The Balaban J connectivity index is 2.77. The molecule has 0 atom stereocenters. The van der Waals surface area contributed by atoms with E-state index in [1.165, 1.54) is 0 Å². The smallest absolute Gasteiger partial charge is 0.183 e. The summed E-state index contributed by atoms with van der Waals surface area (Å²) in [6.07, 6.45) is -0.407. The summed E-state index contributed by atoms with van der Waals surface area (Å²) >= 11 is 0. The van der Waals surface area contributed by atoms with Gasteiger partial charge in [-0.2, -0.15) is 5.26 Å². The van der Waals surface area contributed by atoms with E-state index in [4.69, 9.17) is 19.5 Å². The van der Waals surface area contributed by atoms with Gasteiger partial charge in [-0.3, -0.25) is 0 Å². The van der Waals surface area contributed by atoms with Gasteiger partial charge < -0.3 is 14.2 Å². The molecule has 0 aliphatic rings. The number of hydrogen-bond acceptors (Lipinski definition) is 4. The zero-order valence-corrected chi connectivity index (χ0v) is 8.77. The zero-order valence-electron chi connectivity index (χ0n) is 8.77. The maximum atomic E-state index is 8.37. The Morgan fingerprint density at radius 3 is 2.67 bits per heavy atom. The molecule has 0 aromatic heterocycles. The lowest BCUT2D eigenvalue weighted by Crippen LogP contribution is -2.04. The minimum atomic E-state index is -0.407. The molecular formula is C11H13NO3. The predicted octanol–water partition coefficient (Wildman–Crippen LogP) is 1.88. The second-order valence-electron chi connectivity index (χ2n) is 2.82. The molecule has 80 valence electrons. The van der Waals surface area contributed by atoms with Crippen LogP contribution in [0.5, 0.6) is 5.75 Å². The van der Waals surface area contributed by atoms with Crippen molar-refractivity contribution in [1.29, 1.82) is 5.26 Å². The van der Waals surface area contributed by atoms with Gasteiger partial charge in [-0.05, 0) is 12.1 Å². The molecule has 0 aliphatic carbocycles. The summed E-state index contributed by atoms with van der Waals surface area (Å²) in [4.78, 5) is 0. The van der Waals surface area contributed by atoms with E-state index in [-0.39, 0.29) is 6.61 Å². The molecule has 0 radical (unpaired) electrons. The fraction of sp³-hybridized carbons (Fsp3) is 0.364. The third-order valence-corrected chi connectivity index (χ3v) is 1.86. The zero-order chi connectivity index (χ0) is 11.1. The lowest BCUT2D eigenvalue weighted by molar-refractivity contribution is -0.106. The maximum absolute atomic E-state index is 8.37. The summed E-state index contributed by atoms with van der Waals surface area (Å²) in [5.41, 5.74) is 0.857. The molecule has 0 spiro atoms. The van der Waals surface area contributed by atoms with Crippen molar-refractivity contribution in [2.75, 3.05) is 20.8 Å². The second-order valence-corrected chi connectivity index (χ2v) is 2.82. The minimum absolute atomic E-state index is 0.0358. The molecule has 0 heterocycles. The molecule has 0 amide bonds. The molecule has 0 unspecified atom stereocenters. The summed E-state index contributed by atoms with van der Waals surface area (Å²) in [6.45, 7) is 0.0358. The van der Waals surface area contributed by atoms with E-state index >= 15 is 0 Å². The van der Waals surface area contributed by atoms with Crippen LogP contribution >= 0.6 is 0 Å². The van der Waals surface area contributed by atoms with E-state index in [2.05, 4.69) is 0 Å². The van der Waals surface area contributed by atoms with Crippen LogP contribution in [0.1, 0.15) is 11.9 Å². The Hall–Kier alpha value is -1.57. The number of benzene rings is 1. The van der Waals surface area contributed by atoms with Crippen molar-refractivity contribution in [2.45, 2.75) is 6.29 Å². The van der Waals surface area contributed by atoms with E-state index < -0.39 is 6.29 Å². The van der Waals surface area contributed by atoms with Crippen LogP contribution in [0.4, 0.5) is 0 Å². The van der Waals surface area contributed by atoms with Gasteiger partial charge in [-0.25, -0.2) is 0 Å². The molecule has 0 bridgehead atoms. The Bertz CT molecular complexity index is 342. The lowest BCUT2D eigenvalue weighted by atomic mass is 10.2. The van der Waals surface area contributed by atoms with Crippen LogP contribution in [-0.2, 0) is 9.47 Å². The summed E-state index contributed by atoms with van der Waals surface area (Å²) in [5.74, 6) is 0.633. The molecule has 4 heteroatoms. The summed E-state index contributed by atoms with van der Waals surface area (Å²) < 4.78 is 15.4. The van der Waals surface area contributed by atoms with Gasteiger partial charge in [0.25, 0.3) is 0 Å². The number of ether oxygens (including phenoxy) is 3. The summed E-state index contributed by atoms with van der Waals surface area (Å²) in [6, 6.07) is 9.17. The predicted molar refractivity (Wildman–Crippen MR) is 54.3 cm³/mol. The van der Waals surface area contributed by atoms with E-state index in [9.17, 15) is 0 Å². The monoisotopic (exact) mass is 207 g/mol. The van der Waals surface area contributed by atoms with Gasteiger partial charge in [0.05, 0.1) is 0 Å². The second kappa shape index (κ2) is 6.02. The van der Waals surface area contributed by atoms with Crippen molar-refractivity contribution in [2.24, 2.45) is 0 Å². The van der Waals surface area contributed by atoms with Crippen LogP contribution in [-0.4, -0.2) is 20.8 Å². The largest absolute Gasteiger partial charge is 0.479 e. The molecule has 0 aliphatic heterocycles. The topological polar surface area (TPSA) is 51.5 Å². The number of nitrogens with zero attached hydrogens (tertiary/aromatic N) is 1. The van der Waals surface area contributed by atoms with Crippen molar-refractivity contribution in [3.63, 3.8) is 0 Å². The standard InChI is InChI=1S/C11H13NO3/c1-13-11(14-2)9-4-3-5-10(8-9)15-7-6-12/h3-5,8,11H,7H2,1-2H3. The number of rotatable bonds is 5. The van der Waals surface area contributed by atoms with Crippen molar-refractivity contribution in [1.82, 2.24) is 0 Å². The average Bonchev–Trinajstić information content (AvgIpc) is 2.29. The first kappa shape index (κ1) is 11.5. The molecular weight excluding hydrogens is 194 g/mol. The first-order valence-corrected chi connectivity index (χ1v) is 4.47. The Labute approximate surface area is 89.0 Å². The molecule has 15 heavy (non-hydrogen) atoms. The maximum Gasteiger partial charge on any atom is 0.183 e. The SMILES string of the molecule is COC(OC)c1cccc(OCC#N)c1. The van der Waals surface area contributed by atoms with Crippen molar-refractivity contribution < 1.29 is 14.2 Å². The third-order valence-electron chi connectivity index (χ3n) is 1.86.